The highest BCUT2D eigenvalue weighted by Gasteiger charge is 2.21. The lowest BCUT2D eigenvalue weighted by molar-refractivity contribution is 0.297. The van der Waals surface area contributed by atoms with E-state index in [1.807, 2.05) is 18.3 Å². The summed E-state index contributed by atoms with van der Waals surface area (Å²) in [4.78, 5) is 9.36. The van der Waals surface area contributed by atoms with Gasteiger partial charge in [0.05, 0.1) is 0 Å². The number of nitrogens with zero attached hydrogens (tertiary/aromatic N) is 3. The van der Waals surface area contributed by atoms with Crippen LogP contribution < -0.4 is 11.1 Å². The quantitative estimate of drug-likeness (QED) is 0.555. The molecule has 0 amide bonds. The first-order chi connectivity index (χ1) is 14.1. The van der Waals surface area contributed by atoms with Gasteiger partial charge in [0.25, 0.3) is 0 Å². The molecule has 3 aromatic rings. The average Bonchev–Trinajstić information content (AvgIpc) is 3.08. The summed E-state index contributed by atoms with van der Waals surface area (Å²) in [6.07, 6.45) is 10.7. The van der Waals surface area contributed by atoms with E-state index in [2.05, 4.69) is 28.0 Å². The van der Waals surface area contributed by atoms with Crippen molar-refractivity contribution in [2.45, 2.75) is 58.0 Å². The van der Waals surface area contributed by atoms with Crippen LogP contribution in [0.5, 0.6) is 0 Å². The number of rotatable bonds is 7. The normalized spacial score (nSPS) is 19.6. The zero-order chi connectivity index (χ0) is 20.2. The molecule has 0 bridgehead atoms. The molecule has 0 atom stereocenters. The van der Waals surface area contributed by atoms with E-state index in [4.69, 9.17) is 10.7 Å². The van der Waals surface area contributed by atoms with Crippen LogP contribution in [0.3, 0.4) is 0 Å². The van der Waals surface area contributed by atoms with Gasteiger partial charge in [0.1, 0.15) is 11.5 Å². The second-order valence-electron chi connectivity index (χ2n) is 8.19. The molecule has 0 unspecified atom stereocenters. The molecule has 0 saturated heterocycles. The van der Waals surface area contributed by atoms with Crippen molar-refractivity contribution in [1.82, 2.24) is 14.5 Å². The molecule has 1 fully saturated rings. The number of nitrogens with one attached hydrogen (secondary N) is 1. The molecule has 0 radical (unpaired) electrons. The van der Waals surface area contributed by atoms with Gasteiger partial charge in [0.2, 0.25) is 5.95 Å². The summed E-state index contributed by atoms with van der Waals surface area (Å²) < 4.78 is 15.7. The maximum absolute atomic E-state index is 13.4. The van der Waals surface area contributed by atoms with Crippen molar-refractivity contribution in [1.29, 1.82) is 0 Å². The molecule has 0 aliphatic heterocycles. The molecule has 2 heterocycles. The van der Waals surface area contributed by atoms with Crippen LogP contribution in [0.2, 0.25) is 0 Å². The first-order valence-corrected chi connectivity index (χ1v) is 10.7. The van der Waals surface area contributed by atoms with Crippen LogP contribution in [-0.2, 0) is 6.54 Å². The van der Waals surface area contributed by atoms with Crippen molar-refractivity contribution in [2.75, 3.05) is 11.9 Å². The third-order valence-electron chi connectivity index (χ3n) is 5.93. The molecule has 29 heavy (non-hydrogen) atoms. The van der Waals surface area contributed by atoms with Crippen LogP contribution in [0.1, 0.15) is 45.4 Å². The molecule has 1 aromatic carbocycles. The van der Waals surface area contributed by atoms with Crippen LogP contribution in [0.15, 0.2) is 36.7 Å². The second kappa shape index (κ2) is 8.91. The Balaban J connectivity index is 1.68. The number of hydrogen-bond donors (Lipinski definition) is 2. The smallest absolute Gasteiger partial charge is 0.224 e. The molecule has 5 nitrogen and oxygen atoms in total. The van der Waals surface area contributed by atoms with Crippen molar-refractivity contribution < 1.29 is 4.39 Å². The van der Waals surface area contributed by atoms with Crippen LogP contribution >= 0.6 is 0 Å². The first kappa shape index (κ1) is 19.8. The Kier molecular flexibility index (Phi) is 6.09. The number of fused-ring (bicyclic) bond motifs is 1. The van der Waals surface area contributed by atoms with Gasteiger partial charge in [-0.3, -0.25) is 0 Å². The maximum atomic E-state index is 13.4. The lowest BCUT2D eigenvalue weighted by Crippen LogP contribution is -2.28. The Hall–Kier alpha value is -2.47. The zero-order valence-electron chi connectivity index (χ0n) is 17.1. The van der Waals surface area contributed by atoms with E-state index in [-0.39, 0.29) is 5.82 Å². The minimum Gasteiger partial charge on any atom is -0.354 e. The van der Waals surface area contributed by atoms with Gasteiger partial charge in [-0.15, -0.1) is 0 Å². The van der Waals surface area contributed by atoms with Gasteiger partial charge in [0.15, 0.2) is 0 Å². The number of benzene rings is 1. The van der Waals surface area contributed by atoms with Crippen LogP contribution in [-0.4, -0.2) is 27.1 Å². The van der Waals surface area contributed by atoms with Crippen molar-refractivity contribution in [3.05, 3.63) is 42.5 Å². The fourth-order valence-electron chi connectivity index (χ4n) is 4.18. The van der Waals surface area contributed by atoms with E-state index in [1.165, 1.54) is 12.1 Å². The van der Waals surface area contributed by atoms with Gasteiger partial charge >= 0.3 is 0 Å². The predicted molar refractivity (Wildman–Crippen MR) is 116 cm³/mol. The summed E-state index contributed by atoms with van der Waals surface area (Å²) in [5, 5.41) is 4.33. The van der Waals surface area contributed by atoms with E-state index in [0.29, 0.717) is 17.9 Å². The Labute approximate surface area is 171 Å². The molecular formula is C23H30FN5. The van der Waals surface area contributed by atoms with E-state index >= 15 is 0 Å². The van der Waals surface area contributed by atoms with Crippen LogP contribution in [0.25, 0.3) is 22.2 Å². The van der Waals surface area contributed by atoms with Crippen molar-refractivity contribution in [3.63, 3.8) is 0 Å². The van der Waals surface area contributed by atoms with Gasteiger partial charge < -0.3 is 15.6 Å². The number of halogens is 1. The molecule has 3 N–H and O–H groups in total. The average molecular weight is 396 g/mol. The Morgan fingerprint density at radius 2 is 1.93 bits per heavy atom. The molecule has 1 aliphatic carbocycles. The summed E-state index contributed by atoms with van der Waals surface area (Å²) in [5.41, 5.74) is 9.05. The summed E-state index contributed by atoms with van der Waals surface area (Å²) in [6, 6.07) is 6.99. The number of anilines is 1. The van der Waals surface area contributed by atoms with Crippen LogP contribution in [0.4, 0.5) is 10.3 Å². The fourth-order valence-corrected chi connectivity index (χ4v) is 4.18. The number of nitrogens with two attached hydrogens (primary N) is 1. The standard InChI is InChI=1S/C23H30FN5/c1-2-3-12-26-23-27-13-20-21(17-6-8-18(24)9-7-17)15-29(22(20)28-23)14-16-4-10-19(25)11-5-16/h6-9,13,15-16,19H,2-5,10-12,14,25H2,1H3,(H,26,27,28)/t16-,19-. The minimum absolute atomic E-state index is 0.227. The number of aromatic nitrogens is 3. The predicted octanol–water partition coefficient (Wildman–Crippen LogP) is 4.97. The first-order valence-electron chi connectivity index (χ1n) is 10.7. The second-order valence-corrected chi connectivity index (χ2v) is 8.19. The van der Waals surface area contributed by atoms with Crippen molar-refractivity contribution in [3.8, 4) is 11.1 Å². The third kappa shape index (κ3) is 4.58. The monoisotopic (exact) mass is 395 g/mol. The molecular weight excluding hydrogens is 365 g/mol. The summed E-state index contributed by atoms with van der Waals surface area (Å²) in [6.45, 7) is 3.96. The van der Waals surface area contributed by atoms with Crippen LogP contribution in [0, 0.1) is 11.7 Å². The van der Waals surface area contributed by atoms with Gasteiger partial charge in [-0.25, -0.2) is 9.37 Å². The van der Waals surface area contributed by atoms with Gasteiger partial charge in [-0.05, 0) is 55.7 Å². The summed E-state index contributed by atoms with van der Waals surface area (Å²) in [5.74, 6) is 1.05. The van der Waals surface area contributed by atoms with Gasteiger partial charge in [0, 0.05) is 42.5 Å². The molecule has 4 rings (SSSR count). The maximum Gasteiger partial charge on any atom is 0.224 e. The highest BCUT2D eigenvalue weighted by atomic mass is 19.1. The summed E-state index contributed by atoms with van der Waals surface area (Å²) >= 11 is 0. The molecule has 6 heteroatoms. The highest BCUT2D eigenvalue weighted by Crippen LogP contribution is 2.32. The fraction of sp³-hybridized carbons (Fsp3) is 0.478. The molecule has 2 aromatic heterocycles. The van der Waals surface area contributed by atoms with Gasteiger partial charge in [-0.2, -0.15) is 4.98 Å². The van der Waals surface area contributed by atoms with Crippen molar-refractivity contribution in [2.24, 2.45) is 11.7 Å². The van der Waals surface area contributed by atoms with E-state index in [9.17, 15) is 4.39 Å². The number of unbranched alkanes of at least 4 members (excludes halogenated alkanes) is 1. The van der Waals surface area contributed by atoms with Gasteiger partial charge in [-0.1, -0.05) is 25.5 Å². The minimum atomic E-state index is -0.227. The highest BCUT2D eigenvalue weighted by molar-refractivity contribution is 5.94. The Morgan fingerprint density at radius 1 is 1.17 bits per heavy atom. The molecule has 154 valence electrons. The Bertz CT molecular complexity index is 942. The lowest BCUT2D eigenvalue weighted by Gasteiger charge is -2.26. The lowest BCUT2D eigenvalue weighted by atomic mass is 9.86. The summed E-state index contributed by atoms with van der Waals surface area (Å²) in [7, 11) is 0. The third-order valence-corrected chi connectivity index (χ3v) is 5.93. The molecule has 0 spiro atoms. The Morgan fingerprint density at radius 3 is 2.66 bits per heavy atom. The number of hydrogen-bond acceptors (Lipinski definition) is 4. The van der Waals surface area contributed by atoms with E-state index in [1.54, 1.807) is 0 Å². The largest absolute Gasteiger partial charge is 0.354 e. The SMILES string of the molecule is CCCCNc1ncc2c(-c3ccc(F)cc3)cn(C[C@H]3CC[C@H](N)CC3)c2n1. The zero-order valence-corrected chi connectivity index (χ0v) is 17.1. The molecule has 1 aliphatic rings. The van der Waals surface area contributed by atoms with Crippen molar-refractivity contribution >= 4 is 17.0 Å². The van der Waals surface area contributed by atoms with E-state index in [0.717, 1.165) is 73.8 Å². The molecule has 1 saturated carbocycles. The van der Waals surface area contributed by atoms with E-state index < -0.39 is 0 Å². The topological polar surface area (TPSA) is 68.8 Å².